The van der Waals surface area contributed by atoms with Crippen molar-refractivity contribution in [2.24, 2.45) is 23.2 Å². The summed E-state index contributed by atoms with van der Waals surface area (Å²) in [5, 5.41) is 6.45. The molecule has 2 aromatic rings. The maximum Gasteiger partial charge on any atom is 0.226 e. The molecule has 0 radical (unpaired) electrons. The molecule has 1 N–H and O–H groups in total. The molecule has 0 saturated heterocycles. The quantitative estimate of drug-likeness (QED) is 0.819. The lowest BCUT2D eigenvalue weighted by atomic mass is 9.49. The fourth-order valence-corrected chi connectivity index (χ4v) is 7.63. The van der Waals surface area contributed by atoms with E-state index in [1.165, 1.54) is 29.0 Å². The lowest BCUT2D eigenvalue weighted by molar-refractivity contribution is -0.146. The highest BCUT2D eigenvalue weighted by atomic mass is 32.1. The van der Waals surface area contributed by atoms with Gasteiger partial charge in [0.15, 0.2) is 0 Å². The minimum Gasteiger partial charge on any atom is -0.351 e. The van der Waals surface area contributed by atoms with Gasteiger partial charge in [-0.25, -0.2) is 4.98 Å². The molecule has 2 aromatic heterocycles. The molecule has 0 aromatic carbocycles. The Morgan fingerprint density at radius 3 is 2.52 bits per heavy atom. The van der Waals surface area contributed by atoms with E-state index in [9.17, 15) is 4.79 Å². The third kappa shape index (κ3) is 2.76. The Kier molecular flexibility index (Phi) is 3.79. The van der Waals surface area contributed by atoms with E-state index in [0.717, 1.165) is 47.7 Å². The van der Waals surface area contributed by atoms with Crippen LogP contribution in [-0.2, 0) is 11.3 Å². The van der Waals surface area contributed by atoms with Gasteiger partial charge in [-0.1, -0.05) is 6.07 Å². The van der Waals surface area contributed by atoms with Crippen molar-refractivity contribution in [2.75, 3.05) is 0 Å². The molecule has 3 nitrogen and oxygen atoms in total. The molecule has 4 fully saturated rings. The molecule has 4 saturated carbocycles. The molecule has 0 unspecified atom stereocenters. The normalized spacial score (nSPS) is 32.9. The van der Waals surface area contributed by atoms with Gasteiger partial charge in [0, 0.05) is 10.3 Å². The summed E-state index contributed by atoms with van der Waals surface area (Å²) >= 11 is 3.44. The second-order valence-electron chi connectivity index (χ2n) is 8.39. The Balaban J connectivity index is 1.30. The molecular weight excluding hydrogens is 348 g/mol. The molecule has 4 aliphatic rings. The Morgan fingerprint density at radius 2 is 1.92 bits per heavy atom. The minimum atomic E-state index is -0.0517. The Hall–Kier alpha value is -1.20. The van der Waals surface area contributed by atoms with Crippen molar-refractivity contribution in [1.29, 1.82) is 0 Å². The Morgan fingerprint density at radius 1 is 1.24 bits per heavy atom. The van der Waals surface area contributed by atoms with Gasteiger partial charge in [0.25, 0.3) is 0 Å². The highest BCUT2D eigenvalue weighted by Gasteiger charge is 2.54. The summed E-state index contributed by atoms with van der Waals surface area (Å²) in [5.74, 6) is 2.75. The zero-order chi connectivity index (χ0) is 17.0. The molecule has 2 heterocycles. The first kappa shape index (κ1) is 16.0. The second kappa shape index (κ2) is 5.92. The van der Waals surface area contributed by atoms with Gasteiger partial charge in [0.05, 0.1) is 17.1 Å². The van der Waals surface area contributed by atoms with Crippen molar-refractivity contribution < 1.29 is 4.79 Å². The van der Waals surface area contributed by atoms with Crippen LogP contribution in [0.2, 0.25) is 0 Å². The number of carbonyl (C=O) groups excluding carboxylic acids is 1. The van der Waals surface area contributed by atoms with Gasteiger partial charge < -0.3 is 5.32 Å². The number of hydrogen-bond acceptors (Lipinski definition) is 4. The van der Waals surface area contributed by atoms with E-state index in [1.54, 1.807) is 22.7 Å². The van der Waals surface area contributed by atoms with Gasteiger partial charge in [-0.05, 0) is 74.6 Å². The molecule has 0 spiro atoms. The van der Waals surface area contributed by atoms with Crippen LogP contribution in [0.3, 0.4) is 0 Å². The minimum absolute atomic E-state index is 0.0517. The van der Waals surface area contributed by atoms with Crippen LogP contribution >= 0.6 is 22.7 Å². The monoisotopic (exact) mass is 372 g/mol. The fourth-order valence-electron chi connectivity index (χ4n) is 5.83. The SMILES string of the molecule is Cc1nc(-c2cccs2)sc1CNC(=O)C12CC3CC(CC(C3)C1)C2. The number of amides is 1. The van der Waals surface area contributed by atoms with Gasteiger partial charge in [-0.2, -0.15) is 0 Å². The van der Waals surface area contributed by atoms with Crippen LogP contribution in [0.15, 0.2) is 17.5 Å². The smallest absolute Gasteiger partial charge is 0.226 e. The van der Waals surface area contributed by atoms with E-state index in [0.29, 0.717) is 12.5 Å². The number of rotatable bonds is 4. The number of aromatic nitrogens is 1. The number of thiophene rings is 1. The van der Waals surface area contributed by atoms with Crippen LogP contribution in [0.4, 0.5) is 0 Å². The van der Waals surface area contributed by atoms with Crippen LogP contribution < -0.4 is 5.32 Å². The van der Waals surface area contributed by atoms with Crippen molar-refractivity contribution in [3.8, 4) is 9.88 Å². The van der Waals surface area contributed by atoms with E-state index in [2.05, 4.69) is 29.8 Å². The van der Waals surface area contributed by atoms with Crippen molar-refractivity contribution in [2.45, 2.75) is 52.0 Å². The third-order valence-corrected chi connectivity index (χ3v) is 8.75. The highest BCUT2D eigenvalue weighted by Crippen LogP contribution is 2.60. The standard InChI is InChI=1S/C20H24N2OS2/c1-12-17(25-18(22-12)16-3-2-4-24-16)11-21-19(23)20-8-13-5-14(9-20)7-15(6-13)10-20/h2-4,13-15H,5-11H2,1H3,(H,21,23). The summed E-state index contributed by atoms with van der Waals surface area (Å²) in [6.45, 7) is 2.69. The molecule has 4 bridgehead atoms. The van der Waals surface area contributed by atoms with Crippen LogP contribution in [0.25, 0.3) is 9.88 Å². The first-order valence-electron chi connectivity index (χ1n) is 9.40. The molecule has 4 aliphatic carbocycles. The number of carbonyl (C=O) groups is 1. The highest BCUT2D eigenvalue weighted by molar-refractivity contribution is 7.21. The topological polar surface area (TPSA) is 42.0 Å². The van der Waals surface area contributed by atoms with Crippen LogP contribution in [0, 0.1) is 30.1 Å². The third-order valence-electron chi connectivity index (χ3n) is 6.55. The predicted octanol–water partition coefficient (Wildman–Crippen LogP) is 5.01. The Bertz CT molecular complexity index is 757. The summed E-state index contributed by atoms with van der Waals surface area (Å²) in [6, 6.07) is 4.17. The number of aryl methyl sites for hydroxylation is 1. The molecule has 25 heavy (non-hydrogen) atoms. The lowest BCUT2D eigenvalue weighted by Gasteiger charge is -2.55. The number of nitrogens with zero attached hydrogens (tertiary/aromatic N) is 1. The zero-order valence-electron chi connectivity index (χ0n) is 14.6. The van der Waals surface area contributed by atoms with E-state index in [4.69, 9.17) is 4.98 Å². The lowest BCUT2D eigenvalue weighted by Crippen LogP contribution is -2.53. The number of thiazole rings is 1. The molecule has 6 rings (SSSR count). The molecule has 5 heteroatoms. The van der Waals surface area contributed by atoms with E-state index in [-0.39, 0.29) is 5.41 Å². The van der Waals surface area contributed by atoms with Crippen LogP contribution in [0.5, 0.6) is 0 Å². The molecule has 0 aliphatic heterocycles. The number of nitrogens with one attached hydrogen (secondary N) is 1. The maximum absolute atomic E-state index is 13.1. The molecule has 1 amide bonds. The maximum atomic E-state index is 13.1. The Labute approximate surface area is 156 Å². The summed E-state index contributed by atoms with van der Waals surface area (Å²) in [5.41, 5.74) is 1.00. The first-order chi connectivity index (χ1) is 12.1. The fraction of sp³-hybridized carbons (Fsp3) is 0.600. The van der Waals surface area contributed by atoms with Gasteiger partial charge in [-0.3, -0.25) is 4.79 Å². The van der Waals surface area contributed by atoms with Crippen LogP contribution in [-0.4, -0.2) is 10.9 Å². The molecule has 132 valence electrons. The van der Waals surface area contributed by atoms with Crippen molar-refractivity contribution in [1.82, 2.24) is 10.3 Å². The second-order valence-corrected chi connectivity index (χ2v) is 10.4. The van der Waals surface area contributed by atoms with Gasteiger partial charge in [-0.15, -0.1) is 22.7 Å². The summed E-state index contributed by atoms with van der Waals surface area (Å²) in [4.78, 5) is 20.2. The van der Waals surface area contributed by atoms with Crippen molar-refractivity contribution in [3.05, 3.63) is 28.1 Å². The van der Waals surface area contributed by atoms with E-state index < -0.39 is 0 Å². The van der Waals surface area contributed by atoms with Gasteiger partial charge in [0.2, 0.25) is 5.91 Å². The average Bonchev–Trinajstić information content (AvgIpc) is 3.21. The molecular formula is C20H24N2OS2. The molecule has 0 atom stereocenters. The number of hydrogen-bond donors (Lipinski definition) is 1. The summed E-state index contributed by atoms with van der Waals surface area (Å²) in [7, 11) is 0. The van der Waals surface area contributed by atoms with Gasteiger partial charge >= 0.3 is 0 Å². The van der Waals surface area contributed by atoms with Crippen LogP contribution in [0.1, 0.15) is 49.1 Å². The van der Waals surface area contributed by atoms with Crippen molar-refractivity contribution >= 4 is 28.6 Å². The summed E-state index contributed by atoms with van der Waals surface area (Å²) in [6.07, 6.45) is 7.53. The average molecular weight is 373 g/mol. The zero-order valence-corrected chi connectivity index (χ0v) is 16.2. The summed E-state index contributed by atoms with van der Waals surface area (Å²) < 4.78 is 0. The van der Waals surface area contributed by atoms with E-state index >= 15 is 0 Å². The van der Waals surface area contributed by atoms with Crippen molar-refractivity contribution in [3.63, 3.8) is 0 Å². The van der Waals surface area contributed by atoms with Gasteiger partial charge in [0.1, 0.15) is 5.01 Å². The largest absolute Gasteiger partial charge is 0.351 e. The predicted molar refractivity (Wildman–Crippen MR) is 103 cm³/mol. The van der Waals surface area contributed by atoms with E-state index in [1.807, 2.05) is 0 Å². The first-order valence-corrected chi connectivity index (χ1v) is 11.1.